The maximum atomic E-state index is 11.6. The lowest BCUT2D eigenvalue weighted by atomic mass is 10.0. The topological polar surface area (TPSA) is 83.0 Å². The van der Waals surface area contributed by atoms with Gasteiger partial charge in [0, 0.05) is 32.7 Å². The highest BCUT2D eigenvalue weighted by atomic mass is 32.1. The molecule has 1 N–H and O–H groups in total. The van der Waals surface area contributed by atoms with Gasteiger partial charge in [0.15, 0.2) is 0 Å². The maximum absolute atomic E-state index is 11.6. The number of hydrogen-bond donors (Lipinski definition) is 1. The first-order chi connectivity index (χ1) is 15.0. The average molecular weight is 440 g/mol. The van der Waals surface area contributed by atoms with Gasteiger partial charge in [0.25, 0.3) is 5.19 Å². The van der Waals surface area contributed by atoms with Crippen LogP contribution in [0.15, 0.2) is 36.4 Å². The van der Waals surface area contributed by atoms with Gasteiger partial charge in [0.05, 0.1) is 10.6 Å². The van der Waals surface area contributed by atoms with E-state index in [-0.39, 0.29) is 6.04 Å². The van der Waals surface area contributed by atoms with Crippen LogP contribution in [-0.2, 0) is 16.1 Å². The van der Waals surface area contributed by atoms with E-state index in [4.69, 9.17) is 9.84 Å². The lowest BCUT2D eigenvalue weighted by Gasteiger charge is -2.36. The monoisotopic (exact) mass is 439 g/mol. The fourth-order valence-electron chi connectivity index (χ4n) is 3.84. The van der Waals surface area contributed by atoms with Crippen molar-refractivity contribution >= 4 is 35.4 Å². The second kappa shape index (κ2) is 9.45. The molecule has 2 aromatic rings. The first-order valence-corrected chi connectivity index (χ1v) is 11.1. The smallest absolute Gasteiger partial charge is 0.394 e. The van der Waals surface area contributed by atoms with E-state index in [0.717, 1.165) is 55.2 Å². The number of nitrogens with zero attached hydrogens (tertiary/aromatic N) is 3. The van der Waals surface area contributed by atoms with Gasteiger partial charge < -0.3 is 14.7 Å². The molecule has 8 heteroatoms. The van der Waals surface area contributed by atoms with Crippen molar-refractivity contribution < 1.29 is 19.4 Å². The first kappa shape index (κ1) is 21.3. The third-order valence-corrected chi connectivity index (χ3v) is 6.54. The minimum Gasteiger partial charge on any atom is -0.474 e. The van der Waals surface area contributed by atoms with Crippen molar-refractivity contribution in [1.29, 1.82) is 0 Å². The third-order valence-electron chi connectivity index (χ3n) is 5.62. The van der Waals surface area contributed by atoms with Crippen LogP contribution in [0, 0.1) is 0 Å². The fourth-order valence-corrected chi connectivity index (χ4v) is 4.69. The van der Waals surface area contributed by atoms with E-state index in [1.165, 1.54) is 21.8 Å². The fraction of sp³-hybridized carbons (Fsp3) is 0.348. The lowest BCUT2D eigenvalue weighted by Crippen LogP contribution is -2.47. The zero-order chi connectivity index (χ0) is 21.8. The van der Waals surface area contributed by atoms with Gasteiger partial charge in [-0.2, -0.15) is 0 Å². The summed E-state index contributed by atoms with van der Waals surface area (Å²) in [6.07, 6.45) is 10.8. The van der Waals surface area contributed by atoms with Crippen LogP contribution >= 0.6 is 11.3 Å². The average Bonchev–Trinajstić information content (AvgIpc) is 3.02. The molecule has 0 radical (unpaired) electrons. The highest BCUT2D eigenvalue weighted by molar-refractivity contribution is 7.14. The SMILES string of the molecule is CN(C(=O)C(=O)O)C1CCN(Cc2ccc(Oc3nc4c(s3)C=CCC=C4)cc2)CC1. The number of carbonyl (C=O) groups excluding carboxylic acids is 1. The molecule has 1 aliphatic heterocycles. The molecule has 4 rings (SSSR count). The predicted octanol–water partition coefficient (Wildman–Crippen LogP) is 3.87. The number of carbonyl (C=O) groups is 2. The number of rotatable bonds is 5. The minimum absolute atomic E-state index is 0.0197. The zero-order valence-electron chi connectivity index (χ0n) is 17.4. The summed E-state index contributed by atoms with van der Waals surface area (Å²) in [4.78, 5) is 31.9. The molecule has 1 fully saturated rings. The number of aromatic nitrogens is 1. The molecule has 0 bridgehead atoms. The Kier molecular flexibility index (Phi) is 6.48. The largest absolute Gasteiger partial charge is 0.474 e. The number of ether oxygens (including phenoxy) is 1. The van der Waals surface area contributed by atoms with Crippen molar-refractivity contribution in [1.82, 2.24) is 14.8 Å². The summed E-state index contributed by atoms with van der Waals surface area (Å²) in [7, 11) is 1.57. The molecule has 2 aliphatic rings. The standard InChI is InChI=1S/C23H25N3O4S/c1-25(21(27)22(28)29)17-11-13-26(14-12-17)15-16-7-9-18(10-8-16)30-23-24-19-5-3-2-4-6-20(19)31-23/h3-10,17H,2,11-15H2,1H3,(H,28,29). The van der Waals surface area contributed by atoms with Crippen LogP contribution in [0.2, 0.25) is 0 Å². The van der Waals surface area contributed by atoms with Gasteiger partial charge in [-0.1, -0.05) is 35.6 Å². The van der Waals surface area contributed by atoms with Crippen LogP contribution in [0.4, 0.5) is 0 Å². The molecular weight excluding hydrogens is 414 g/mol. The van der Waals surface area contributed by atoms with Gasteiger partial charge in [-0.3, -0.25) is 9.69 Å². The molecule has 162 valence electrons. The van der Waals surface area contributed by atoms with Crippen molar-refractivity contribution in [2.45, 2.75) is 31.8 Å². The van der Waals surface area contributed by atoms with Gasteiger partial charge in [-0.15, -0.1) is 0 Å². The molecule has 31 heavy (non-hydrogen) atoms. The van der Waals surface area contributed by atoms with Crippen molar-refractivity contribution in [3.8, 4) is 10.9 Å². The Labute approximate surface area is 185 Å². The number of likely N-dealkylation sites (tertiary alicyclic amines) is 1. The Morgan fingerprint density at radius 2 is 1.90 bits per heavy atom. The van der Waals surface area contributed by atoms with Gasteiger partial charge in [-0.05, 0) is 49.1 Å². The number of aliphatic carboxylic acids is 1. The van der Waals surface area contributed by atoms with Crippen LogP contribution < -0.4 is 4.74 Å². The van der Waals surface area contributed by atoms with Crippen molar-refractivity contribution in [3.05, 3.63) is 52.6 Å². The third kappa shape index (κ3) is 5.21. The van der Waals surface area contributed by atoms with Crippen LogP contribution in [0.5, 0.6) is 10.9 Å². The number of likely N-dealkylation sites (N-methyl/N-ethyl adjacent to an activating group) is 1. The molecule has 1 amide bonds. The van der Waals surface area contributed by atoms with E-state index in [2.05, 4.69) is 40.2 Å². The summed E-state index contributed by atoms with van der Waals surface area (Å²) in [6, 6.07) is 8.01. The number of piperidine rings is 1. The van der Waals surface area contributed by atoms with E-state index in [9.17, 15) is 9.59 Å². The molecule has 1 saturated heterocycles. The Morgan fingerprint density at radius 3 is 2.61 bits per heavy atom. The quantitative estimate of drug-likeness (QED) is 0.712. The van der Waals surface area contributed by atoms with Gasteiger partial charge in [0.1, 0.15) is 5.75 Å². The minimum atomic E-state index is -1.39. The summed E-state index contributed by atoms with van der Waals surface area (Å²) in [6.45, 7) is 2.46. The Hall–Kier alpha value is -2.97. The number of carboxylic acid groups (broad SMARTS) is 1. The van der Waals surface area contributed by atoms with Gasteiger partial charge >= 0.3 is 11.9 Å². The highest BCUT2D eigenvalue weighted by Gasteiger charge is 2.28. The molecule has 7 nitrogen and oxygen atoms in total. The predicted molar refractivity (Wildman–Crippen MR) is 120 cm³/mol. The van der Waals surface area contributed by atoms with Gasteiger partial charge in [0.2, 0.25) is 0 Å². The number of allylic oxidation sites excluding steroid dienone is 2. The molecule has 1 aromatic carbocycles. The first-order valence-electron chi connectivity index (χ1n) is 10.3. The van der Waals surface area contributed by atoms with E-state index < -0.39 is 11.9 Å². The van der Waals surface area contributed by atoms with E-state index in [1.54, 1.807) is 7.05 Å². The van der Waals surface area contributed by atoms with Crippen LogP contribution in [0.1, 0.15) is 35.4 Å². The second-order valence-electron chi connectivity index (χ2n) is 7.74. The lowest BCUT2D eigenvalue weighted by molar-refractivity contribution is -0.156. The molecular formula is C23H25N3O4S. The number of benzene rings is 1. The van der Waals surface area contributed by atoms with Gasteiger partial charge in [-0.25, -0.2) is 9.78 Å². The van der Waals surface area contributed by atoms with Crippen LogP contribution in [-0.4, -0.2) is 57.9 Å². The zero-order valence-corrected chi connectivity index (χ0v) is 18.2. The Morgan fingerprint density at radius 1 is 1.19 bits per heavy atom. The molecule has 0 saturated carbocycles. The molecule has 0 atom stereocenters. The molecule has 0 unspecified atom stereocenters. The van der Waals surface area contributed by atoms with E-state index >= 15 is 0 Å². The molecule has 2 heterocycles. The summed E-state index contributed by atoms with van der Waals surface area (Å²) < 4.78 is 5.94. The number of amides is 1. The Balaban J connectivity index is 1.29. The summed E-state index contributed by atoms with van der Waals surface area (Å²) >= 11 is 1.54. The number of fused-ring (bicyclic) bond motifs is 1. The highest BCUT2D eigenvalue weighted by Crippen LogP contribution is 2.32. The molecule has 0 spiro atoms. The Bertz CT molecular complexity index is 975. The summed E-state index contributed by atoms with van der Waals surface area (Å²) in [5.41, 5.74) is 2.13. The number of carboxylic acids is 1. The molecule has 1 aromatic heterocycles. The number of thiazole rings is 1. The number of hydrogen-bond acceptors (Lipinski definition) is 6. The maximum Gasteiger partial charge on any atom is 0.394 e. The van der Waals surface area contributed by atoms with Crippen LogP contribution in [0.25, 0.3) is 12.2 Å². The van der Waals surface area contributed by atoms with Crippen molar-refractivity contribution in [2.75, 3.05) is 20.1 Å². The van der Waals surface area contributed by atoms with E-state index in [0.29, 0.717) is 5.19 Å². The van der Waals surface area contributed by atoms with Crippen molar-refractivity contribution in [2.24, 2.45) is 0 Å². The van der Waals surface area contributed by atoms with Crippen molar-refractivity contribution in [3.63, 3.8) is 0 Å². The second-order valence-corrected chi connectivity index (χ2v) is 8.74. The summed E-state index contributed by atoms with van der Waals surface area (Å²) in [5.74, 6) is -1.47. The normalized spacial score (nSPS) is 16.5. The van der Waals surface area contributed by atoms with Crippen LogP contribution in [0.3, 0.4) is 0 Å². The molecule has 1 aliphatic carbocycles. The summed E-state index contributed by atoms with van der Waals surface area (Å²) in [5, 5.41) is 9.51. The van der Waals surface area contributed by atoms with E-state index in [1.807, 2.05) is 18.2 Å².